The van der Waals surface area contributed by atoms with E-state index >= 15 is 0 Å². The molecule has 220 valence electrons. The van der Waals surface area contributed by atoms with Crippen molar-refractivity contribution in [2.24, 2.45) is 0 Å². The van der Waals surface area contributed by atoms with Crippen molar-refractivity contribution in [3.63, 3.8) is 0 Å². The number of hydrogen-bond donors (Lipinski definition) is 1. The Morgan fingerprint density at radius 1 is 0.951 bits per heavy atom. The molecule has 3 aromatic carbocycles. The Morgan fingerprint density at radius 3 is 2.22 bits per heavy atom. The number of sulfonamides is 1. The number of halogens is 1. The predicted octanol–water partition coefficient (Wildman–Crippen LogP) is 5.86. The second-order valence-electron chi connectivity index (χ2n) is 10.4. The summed E-state index contributed by atoms with van der Waals surface area (Å²) < 4.78 is 27.4. The molecule has 2 atom stereocenters. The minimum absolute atomic E-state index is 0.0403. The predicted molar refractivity (Wildman–Crippen MR) is 169 cm³/mol. The molecule has 3 aromatic rings. The van der Waals surface area contributed by atoms with E-state index in [9.17, 15) is 18.0 Å². The molecule has 0 aliphatic rings. The molecule has 0 fully saturated rings. The number of carbonyl (C=O) groups is 2. The van der Waals surface area contributed by atoms with Crippen LogP contribution >= 0.6 is 15.9 Å². The van der Waals surface area contributed by atoms with Crippen LogP contribution in [0.25, 0.3) is 0 Å². The van der Waals surface area contributed by atoms with Gasteiger partial charge < -0.3 is 10.2 Å². The Morgan fingerprint density at radius 2 is 1.61 bits per heavy atom. The van der Waals surface area contributed by atoms with E-state index in [2.05, 4.69) is 21.2 Å². The summed E-state index contributed by atoms with van der Waals surface area (Å²) in [6.45, 7) is 6.29. The highest BCUT2D eigenvalue weighted by Crippen LogP contribution is 2.21. The van der Waals surface area contributed by atoms with Crippen molar-refractivity contribution in [1.29, 1.82) is 0 Å². The number of nitrogens with one attached hydrogen (secondary N) is 1. The zero-order chi connectivity index (χ0) is 30.0. The van der Waals surface area contributed by atoms with Gasteiger partial charge in [0.1, 0.15) is 6.04 Å². The Kier molecular flexibility index (Phi) is 12.0. The van der Waals surface area contributed by atoms with Crippen LogP contribution in [0.15, 0.2) is 83.3 Å². The number of carbonyl (C=O) groups excluding carboxylic acids is 2. The fourth-order valence-corrected chi connectivity index (χ4v) is 5.95. The van der Waals surface area contributed by atoms with Crippen LogP contribution in [0.1, 0.15) is 49.8 Å². The smallest absolute Gasteiger partial charge is 0.243 e. The van der Waals surface area contributed by atoms with Gasteiger partial charge in [0.25, 0.3) is 0 Å². The normalized spacial score (nSPS) is 12.8. The van der Waals surface area contributed by atoms with Crippen LogP contribution in [-0.4, -0.2) is 50.0 Å². The number of rotatable bonds is 14. The van der Waals surface area contributed by atoms with Gasteiger partial charge >= 0.3 is 0 Å². The Balaban J connectivity index is 1.89. The summed E-state index contributed by atoms with van der Waals surface area (Å²) in [7, 11) is -3.55. The molecule has 0 aliphatic heterocycles. The van der Waals surface area contributed by atoms with Gasteiger partial charge in [-0.2, -0.15) is 0 Å². The summed E-state index contributed by atoms with van der Waals surface area (Å²) in [4.78, 5) is 29.2. The third-order valence-corrected chi connectivity index (χ3v) is 8.68. The number of anilines is 1. The fraction of sp³-hybridized carbons (Fsp3) is 0.375. The van der Waals surface area contributed by atoms with Crippen molar-refractivity contribution in [2.75, 3.05) is 17.1 Å². The molecular weight excluding hydrogens is 602 g/mol. The molecule has 0 radical (unpaired) electrons. The average Bonchev–Trinajstić information content (AvgIpc) is 2.93. The molecule has 41 heavy (non-hydrogen) atoms. The lowest BCUT2D eigenvalue weighted by Crippen LogP contribution is -2.52. The average molecular weight is 643 g/mol. The number of amides is 2. The lowest BCUT2D eigenvalue weighted by Gasteiger charge is -2.32. The second kappa shape index (κ2) is 15.2. The molecule has 0 aliphatic carbocycles. The lowest BCUT2D eigenvalue weighted by atomic mass is 10.0. The molecule has 3 rings (SSSR count). The van der Waals surface area contributed by atoms with E-state index < -0.39 is 16.1 Å². The van der Waals surface area contributed by atoms with Gasteiger partial charge in [0.05, 0.1) is 11.9 Å². The summed E-state index contributed by atoms with van der Waals surface area (Å²) in [5.74, 6) is -0.411. The summed E-state index contributed by atoms with van der Waals surface area (Å²) in [5, 5.41) is 3.07. The van der Waals surface area contributed by atoms with Crippen LogP contribution < -0.4 is 9.62 Å². The third-order valence-electron chi connectivity index (χ3n) is 6.99. The molecule has 0 heterocycles. The molecule has 1 N–H and O–H groups in total. The molecule has 0 bridgehead atoms. The molecule has 0 aromatic heterocycles. The maximum absolute atomic E-state index is 13.9. The second-order valence-corrected chi connectivity index (χ2v) is 13.3. The van der Waals surface area contributed by atoms with Gasteiger partial charge in [-0.15, -0.1) is 0 Å². The van der Waals surface area contributed by atoms with Gasteiger partial charge in [-0.3, -0.25) is 13.9 Å². The van der Waals surface area contributed by atoms with E-state index in [4.69, 9.17) is 0 Å². The molecular formula is C32H40BrN3O4S. The van der Waals surface area contributed by atoms with E-state index in [1.165, 1.54) is 10.6 Å². The molecule has 2 amide bonds. The zero-order valence-corrected chi connectivity index (χ0v) is 26.6. The number of hydrogen-bond acceptors (Lipinski definition) is 4. The van der Waals surface area contributed by atoms with E-state index in [1.807, 2.05) is 87.5 Å². The van der Waals surface area contributed by atoms with Crippen molar-refractivity contribution in [1.82, 2.24) is 10.2 Å². The van der Waals surface area contributed by atoms with Gasteiger partial charge in [-0.25, -0.2) is 8.42 Å². The van der Waals surface area contributed by atoms with Crippen LogP contribution in [0.2, 0.25) is 0 Å². The molecule has 0 saturated carbocycles. The molecule has 0 saturated heterocycles. The molecule has 9 heteroatoms. The highest BCUT2D eigenvalue weighted by molar-refractivity contribution is 9.10. The summed E-state index contributed by atoms with van der Waals surface area (Å²) in [6, 6.07) is 23.9. The molecule has 7 nitrogen and oxygen atoms in total. The largest absolute Gasteiger partial charge is 0.352 e. The highest BCUT2D eigenvalue weighted by atomic mass is 79.9. The van der Waals surface area contributed by atoms with Crippen molar-refractivity contribution in [3.05, 3.63) is 100 Å². The van der Waals surface area contributed by atoms with E-state index in [-0.39, 0.29) is 37.4 Å². The van der Waals surface area contributed by atoms with Crippen molar-refractivity contribution >= 4 is 43.5 Å². The summed E-state index contributed by atoms with van der Waals surface area (Å²) in [6.07, 6.45) is 2.70. The zero-order valence-electron chi connectivity index (χ0n) is 24.2. The summed E-state index contributed by atoms with van der Waals surface area (Å²) >= 11 is 3.51. The van der Waals surface area contributed by atoms with E-state index in [1.54, 1.807) is 17.0 Å². The van der Waals surface area contributed by atoms with E-state index in [0.29, 0.717) is 18.5 Å². The Bertz CT molecular complexity index is 1400. The molecule has 0 spiro atoms. The lowest BCUT2D eigenvalue weighted by molar-refractivity contribution is -0.141. The third kappa shape index (κ3) is 10.0. The Labute approximate surface area is 253 Å². The Hall–Kier alpha value is -3.17. The van der Waals surface area contributed by atoms with Crippen LogP contribution in [0, 0.1) is 6.92 Å². The number of nitrogens with zero attached hydrogens (tertiary/aromatic N) is 2. The van der Waals surface area contributed by atoms with Crippen LogP contribution in [0.5, 0.6) is 0 Å². The van der Waals surface area contributed by atoms with Gasteiger partial charge in [0.2, 0.25) is 21.8 Å². The van der Waals surface area contributed by atoms with Gasteiger partial charge in [0.15, 0.2) is 0 Å². The minimum Gasteiger partial charge on any atom is -0.352 e. The first-order valence-corrected chi connectivity index (χ1v) is 16.5. The monoisotopic (exact) mass is 641 g/mol. The van der Waals surface area contributed by atoms with Crippen LogP contribution in [0.4, 0.5) is 5.69 Å². The minimum atomic E-state index is -3.55. The van der Waals surface area contributed by atoms with E-state index in [0.717, 1.165) is 27.6 Å². The van der Waals surface area contributed by atoms with Gasteiger partial charge in [-0.1, -0.05) is 83.0 Å². The maximum atomic E-state index is 13.9. The van der Waals surface area contributed by atoms with Crippen molar-refractivity contribution in [3.8, 4) is 0 Å². The van der Waals surface area contributed by atoms with Crippen molar-refractivity contribution < 1.29 is 18.0 Å². The first-order valence-electron chi connectivity index (χ1n) is 13.9. The first kappa shape index (κ1) is 32.3. The number of aryl methyl sites for hydroxylation is 1. The molecule has 0 unspecified atom stereocenters. The summed E-state index contributed by atoms with van der Waals surface area (Å²) in [5.41, 5.74) is 3.43. The topological polar surface area (TPSA) is 86.8 Å². The van der Waals surface area contributed by atoms with Crippen molar-refractivity contribution in [2.45, 2.75) is 65.1 Å². The quantitative estimate of drug-likeness (QED) is 0.239. The highest BCUT2D eigenvalue weighted by Gasteiger charge is 2.31. The van der Waals surface area contributed by atoms with Crippen LogP contribution in [0.3, 0.4) is 0 Å². The SMILES string of the molecule is CC[C@H](C)NC(=O)[C@H](Cc1ccccc1)N(Cc1cccc(Br)c1)C(=O)CCCN(c1ccc(C)cc1)S(C)(=O)=O. The number of benzene rings is 3. The fourth-order valence-electron chi connectivity index (χ4n) is 4.54. The maximum Gasteiger partial charge on any atom is 0.243 e. The van der Waals surface area contributed by atoms with Gasteiger partial charge in [0, 0.05) is 36.4 Å². The first-order chi connectivity index (χ1) is 19.5. The standard InChI is InChI=1S/C32H40BrN3O4S/c1-5-25(3)34-32(38)30(22-26-11-7-6-8-12-26)35(23-27-13-9-14-28(33)21-27)31(37)15-10-20-36(41(4,39)40)29-18-16-24(2)17-19-29/h6-9,11-14,16-19,21,25,30H,5,10,15,20,22-23H2,1-4H3,(H,34,38)/t25-,30-/m0/s1. The van der Waals surface area contributed by atoms with Crippen LogP contribution in [-0.2, 0) is 32.6 Å². The van der Waals surface area contributed by atoms with Gasteiger partial charge in [-0.05, 0) is 62.1 Å².